The summed E-state index contributed by atoms with van der Waals surface area (Å²) in [6.45, 7) is 1.62. The summed E-state index contributed by atoms with van der Waals surface area (Å²) in [5.74, 6) is 0.515. The van der Waals surface area contributed by atoms with Crippen LogP contribution in [0, 0.1) is 0 Å². The summed E-state index contributed by atoms with van der Waals surface area (Å²) < 4.78 is 48.1. The molecule has 4 nitrogen and oxygen atoms in total. The molecule has 1 aliphatic heterocycles. The molecule has 0 bridgehead atoms. The molecule has 5 rings (SSSR count). The van der Waals surface area contributed by atoms with Gasteiger partial charge in [-0.3, -0.25) is 4.98 Å². The maximum Gasteiger partial charge on any atom is 0.573 e. The Bertz CT molecular complexity index is 1300. The van der Waals surface area contributed by atoms with Crippen LogP contribution in [0.2, 0.25) is 0 Å². The molecule has 0 spiro atoms. The number of pyridine rings is 1. The zero-order valence-corrected chi connectivity index (χ0v) is 19.7. The van der Waals surface area contributed by atoms with Crippen molar-refractivity contribution in [3.63, 3.8) is 0 Å². The van der Waals surface area contributed by atoms with Gasteiger partial charge in [0.2, 0.25) is 0 Å². The fourth-order valence-corrected chi connectivity index (χ4v) is 4.65. The minimum atomic E-state index is -4.72. The average molecular weight is 493 g/mol. The Hall–Kier alpha value is -3.58. The fourth-order valence-electron chi connectivity index (χ4n) is 4.65. The summed E-state index contributed by atoms with van der Waals surface area (Å²) in [6, 6.07) is 22.1. The number of hydrogen-bond donors (Lipinski definition) is 1. The molecule has 1 aromatic heterocycles. The van der Waals surface area contributed by atoms with Crippen LogP contribution in [0.4, 0.5) is 13.2 Å². The molecule has 1 N–H and O–H groups in total. The molecule has 7 heteroatoms. The molecule has 0 aliphatic carbocycles. The van der Waals surface area contributed by atoms with Crippen LogP contribution < -0.4 is 14.8 Å². The van der Waals surface area contributed by atoms with Gasteiger partial charge in [0.15, 0.2) is 0 Å². The van der Waals surface area contributed by atoms with Crippen molar-refractivity contribution >= 4 is 10.9 Å². The summed E-state index contributed by atoms with van der Waals surface area (Å²) in [5, 5.41) is 4.43. The summed E-state index contributed by atoms with van der Waals surface area (Å²) in [6.07, 6.45) is 1.65. The monoisotopic (exact) mass is 492 g/mol. The molecule has 0 saturated carbocycles. The van der Waals surface area contributed by atoms with Gasteiger partial charge in [-0.25, -0.2) is 0 Å². The van der Waals surface area contributed by atoms with Crippen LogP contribution in [0.3, 0.4) is 0 Å². The van der Waals surface area contributed by atoms with Gasteiger partial charge in [-0.05, 0) is 66.8 Å². The normalized spacial score (nSPS) is 16.1. The van der Waals surface area contributed by atoms with Crippen LogP contribution in [-0.2, 0) is 0 Å². The Morgan fingerprint density at radius 2 is 1.67 bits per heavy atom. The molecular weight excluding hydrogens is 465 g/mol. The summed E-state index contributed by atoms with van der Waals surface area (Å²) in [5.41, 5.74) is 4.34. The van der Waals surface area contributed by atoms with Crippen molar-refractivity contribution in [2.75, 3.05) is 13.2 Å². The number of piperidine rings is 1. The molecule has 36 heavy (non-hydrogen) atoms. The molecule has 1 aliphatic rings. The van der Waals surface area contributed by atoms with Crippen LogP contribution in [-0.4, -0.2) is 30.5 Å². The number of fused-ring (bicyclic) bond motifs is 1. The van der Waals surface area contributed by atoms with Gasteiger partial charge < -0.3 is 14.8 Å². The van der Waals surface area contributed by atoms with E-state index in [2.05, 4.69) is 15.0 Å². The van der Waals surface area contributed by atoms with Crippen molar-refractivity contribution in [3.8, 4) is 33.8 Å². The molecule has 1 atom stereocenters. The first kappa shape index (κ1) is 24.1. The van der Waals surface area contributed by atoms with Crippen LogP contribution in [0.25, 0.3) is 33.2 Å². The van der Waals surface area contributed by atoms with Gasteiger partial charge in [0, 0.05) is 23.2 Å². The van der Waals surface area contributed by atoms with E-state index in [4.69, 9.17) is 4.74 Å². The number of ether oxygens (including phenoxy) is 2. The third-order valence-corrected chi connectivity index (χ3v) is 6.45. The highest BCUT2D eigenvalue weighted by atomic mass is 19.4. The zero-order chi connectivity index (χ0) is 25.0. The predicted molar refractivity (Wildman–Crippen MR) is 135 cm³/mol. The molecule has 1 unspecified atom stereocenters. The number of hydrogen-bond acceptors (Lipinski definition) is 4. The average Bonchev–Trinajstić information content (AvgIpc) is 2.89. The number of benzene rings is 3. The first-order valence-electron chi connectivity index (χ1n) is 12.2. The van der Waals surface area contributed by atoms with E-state index in [0.29, 0.717) is 12.6 Å². The van der Waals surface area contributed by atoms with E-state index >= 15 is 0 Å². The quantitative estimate of drug-likeness (QED) is 0.292. The highest BCUT2D eigenvalue weighted by Crippen LogP contribution is 2.38. The summed E-state index contributed by atoms with van der Waals surface area (Å²) in [7, 11) is 0. The standard InChI is InChI=1S/C29H27F3N2O2/c30-29(31,32)36-24-12-9-20(10-13-24)22-11-14-27-25(18-22)28(35-17-15-23-8-4-5-16-33-23)26(19-34-27)21-6-2-1-3-7-21/h1-3,6-7,9-14,18-19,23,33H,4-5,8,15-17H2. The van der Waals surface area contributed by atoms with Crippen molar-refractivity contribution in [1.29, 1.82) is 0 Å². The number of aromatic nitrogens is 1. The van der Waals surface area contributed by atoms with E-state index in [0.717, 1.165) is 58.3 Å². The largest absolute Gasteiger partial charge is 0.573 e. The topological polar surface area (TPSA) is 43.4 Å². The van der Waals surface area contributed by atoms with E-state index in [1.54, 1.807) is 12.1 Å². The smallest absolute Gasteiger partial charge is 0.492 e. The lowest BCUT2D eigenvalue weighted by Crippen LogP contribution is -2.35. The fraction of sp³-hybridized carbons (Fsp3) is 0.276. The van der Waals surface area contributed by atoms with Gasteiger partial charge in [-0.2, -0.15) is 0 Å². The van der Waals surface area contributed by atoms with Crippen molar-refractivity contribution in [2.45, 2.75) is 38.1 Å². The third-order valence-electron chi connectivity index (χ3n) is 6.45. The van der Waals surface area contributed by atoms with Crippen molar-refractivity contribution in [3.05, 3.63) is 79.0 Å². The number of alkyl halides is 3. The Labute approximate surface area is 208 Å². The van der Waals surface area contributed by atoms with Gasteiger partial charge >= 0.3 is 6.36 Å². The minimum absolute atomic E-state index is 0.250. The Balaban J connectivity index is 1.49. The lowest BCUT2D eigenvalue weighted by molar-refractivity contribution is -0.274. The Morgan fingerprint density at radius 1 is 0.889 bits per heavy atom. The Kier molecular flexibility index (Phi) is 7.09. The Morgan fingerprint density at radius 3 is 2.39 bits per heavy atom. The van der Waals surface area contributed by atoms with E-state index in [-0.39, 0.29) is 5.75 Å². The molecule has 2 heterocycles. The summed E-state index contributed by atoms with van der Waals surface area (Å²) in [4.78, 5) is 4.67. The molecule has 4 aromatic rings. The van der Waals surface area contributed by atoms with Crippen LogP contribution >= 0.6 is 0 Å². The van der Waals surface area contributed by atoms with E-state index in [1.807, 2.05) is 54.7 Å². The minimum Gasteiger partial charge on any atom is -0.492 e. The van der Waals surface area contributed by atoms with Crippen LogP contribution in [0.5, 0.6) is 11.5 Å². The number of halogens is 3. The summed E-state index contributed by atoms with van der Waals surface area (Å²) >= 11 is 0. The van der Waals surface area contributed by atoms with Gasteiger partial charge in [0.05, 0.1) is 12.1 Å². The van der Waals surface area contributed by atoms with Gasteiger partial charge in [-0.15, -0.1) is 13.2 Å². The maximum absolute atomic E-state index is 12.5. The van der Waals surface area contributed by atoms with Crippen molar-refractivity contribution < 1.29 is 22.6 Å². The molecule has 1 fully saturated rings. The third kappa shape index (κ3) is 5.79. The zero-order valence-electron chi connectivity index (χ0n) is 19.7. The van der Waals surface area contributed by atoms with E-state index < -0.39 is 6.36 Å². The van der Waals surface area contributed by atoms with Gasteiger partial charge in [0.25, 0.3) is 0 Å². The lowest BCUT2D eigenvalue weighted by Gasteiger charge is -2.24. The second kappa shape index (κ2) is 10.6. The molecule has 3 aromatic carbocycles. The molecule has 1 saturated heterocycles. The first-order valence-corrected chi connectivity index (χ1v) is 12.2. The second-order valence-corrected chi connectivity index (χ2v) is 8.96. The highest BCUT2D eigenvalue weighted by Gasteiger charge is 2.31. The molecule has 0 radical (unpaired) electrons. The SMILES string of the molecule is FC(F)(F)Oc1ccc(-c2ccc3ncc(-c4ccccc4)c(OCCC4CCCCN4)c3c2)cc1. The number of rotatable bonds is 7. The van der Waals surface area contributed by atoms with Crippen LogP contribution in [0.1, 0.15) is 25.7 Å². The van der Waals surface area contributed by atoms with Gasteiger partial charge in [0.1, 0.15) is 11.5 Å². The van der Waals surface area contributed by atoms with E-state index in [9.17, 15) is 13.2 Å². The molecule has 186 valence electrons. The van der Waals surface area contributed by atoms with E-state index in [1.165, 1.54) is 25.0 Å². The van der Waals surface area contributed by atoms with Crippen LogP contribution in [0.15, 0.2) is 79.0 Å². The number of nitrogens with one attached hydrogen (secondary N) is 1. The van der Waals surface area contributed by atoms with Gasteiger partial charge in [-0.1, -0.05) is 55.0 Å². The maximum atomic E-state index is 12.5. The van der Waals surface area contributed by atoms with Crippen molar-refractivity contribution in [1.82, 2.24) is 10.3 Å². The molecular formula is C29H27F3N2O2. The predicted octanol–water partition coefficient (Wildman–Crippen LogP) is 7.38. The second-order valence-electron chi connectivity index (χ2n) is 8.96. The first-order chi connectivity index (χ1) is 17.5. The lowest BCUT2D eigenvalue weighted by atomic mass is 9.99. The highest BCUT2D eigenvalue weighted by molar-refractivity contribution is 5.94. The molecule has 0 amide bonds. The number of nitrogens with zero attached hydrogens (tertiary/aromatic N) is 1. The van der Waals surface area contributed by atoms with Crippen molar-refractivity contribution in [2.24, 2.45) is 0 Å².